The second-order valence-electron chi connectivity index (χ2n) is 3.60. The first kappa shape index (κ1) is 11.3. The molecule has 82 valence electrons. The summed E-state index contributed by atoms with van der Waals surface area (Å²) in [6.45, 7) is 5.42. The van der Waals surface area contributed by atoms with Gasteiger partial charge in [0.1, 0.15) is 5.60 Å². The van der Waals surface area contributed by atoms with Gasteiger partial charge in [0.15, 0.2) is 5.96 Å². The molecular formula is C9H19N3O2. The van der Waals surface area contributed by atoms with Gasteiger partial charge in [-0.1, -0.05) is 0 Å². The Morgan fingerprint density at radius 1 is 1.79 bits per heavy atom. The van der Waals surface area contributed by atoms with Crippen LogP contribution in [0, 0.1) is 0 Å². The van der Waals surface area contributed by atoms with E-state index in [2.05, 4.69) is 10.3 Å². The fourth-order valence-electron chi connectivity index (χ4n) is 1.44. The van der Waals surface area contributed by atoms with Crippen LogP contribution < -0.4 is 11.1 Å². The van der Waals surface area contributed by atoms with E-state index in [0.717, 1.165) is 6.54 Å². The van der Waals surface area contributed by atoms with E-state index in [9.17, 15) is 5.11 Å². The average molecular weight is 201 g/mol. The molecule has 5 heteroatoms. The van der Waals surface area contributed by atoms with Gasteiger partial charge in [0.2, 0.25) is 0 Å². The molecule has 1 saturated heterocycles. The predicted molar refractivity (Wildman–Crippen MR) is 55.1 cm³/mol. The van der Waals surface area contributed by atoms with Crippen LogP contribution in [-0.2, 0) is 4.74 Å². The van der Waals surface area contributed by atoms with Crippen molar-refractivity contribution in [2.75, 3.05) is 19.7 Å². The van der Waals surface area contributed by atoms with E-state index in [1.54, 1.807) is 0 Å². The Hall–Kier alpha value is -0.810. The number of nitrogens with one attached hydrogen (secondary N) is 1. The quantitative estimate of drug-likeness (QED) is 0.423. The smallest absolute Gasteiger partial charge is 0.188 e. The van der Waals surface area contributed by atoms with Crippen molar-refractivity contribution in [2.24, 2.45) is 10.7 Å². The molecule has 2 atom stereocenters. The molecule has 0 aromatic heterocycles. The van der Waals surface area contributed by atoms with Gasteiger partial charge in [0, 0.05) is 19.6 Å². The van der Waals surface area contributed by atoms with E-state index in [0.29, 0.717) is 25.5 Å². The van der Waals surface area contributed by atoms with Gasteiger partial charge in [-0.15, -0.1) is 0 Å². The molecule has 1 fully saturated rings. The summed E-state index contributed by atoms with van der Waals surface area (Å²) in [4.78, 5) is 4.07. The third-order valence-corrected chi connectivity index (χ3v) is 2.54. The van der Waals surface area contributed by atoms with Crippen LogP contribution in [0.1, 0.15) is 20.3 Å². The Morgan fingerprint density at radius 3 is 3.00 bits per heavy atom. The lowest BCUT2D eigenvalue weighted by molar-refractivity contribution is -0.0201. The minimum atomic E-state index is -0.847. The molecule has 0 aromatic rings. The molecule has 1 heterocycles. The number of guanidine groups is 1. The summed E-state index contributed by atoms with van der Waals surface area (Å²) in [5.74, 6) is 0.375. The second kappa shape index (κ2) is 4.61. The maximum Gasteiger partial charge on any atom is 0.188 e. The average Bonchev–Trinajstić information content (AvgIpc) is 2.46. The summed E-state index contributed by atoms with van der Waals surface area (Å²) >= 11 is 0. The van der Waals surface area contributed by atoms with Crippen LogP contribution in [0.25, 0.3) is 0 Å². The van der Waals surface area contributed by atoms with Crippen molar-refractivity contribution in [3.8, 4) is 0 Å². The first-order valence-electron chi connectivity index (χ1n) is 4.96. The standard InChI is InChI=1S/C9H19N3O2/c1-3-11-8(10)12-6-9(13)4-5-14-7(9)2/h7,13H,3-6H2,1-2H3,(H3,10,11,12). The van der Waals surface area contributed by atoms with Crippen molar-refractivity contribution >= 4 is 5.96 Å². The Kier molecular flexibility index (Phi) is 3.71. The Labute approximate surface area is 84.3 Å². The van der Waals surface area contributed by atoms with Crippen molar-refractivity contribution < 1.29 is 9.84 Å². The van der Waals surface area contributed by atoms with E-state index in [1.165, 1.54) is 0 Å². The zero-order valence-corrected chi connectivity index (χ0v) is 8.79. The van der Waals surface area contributed by atoms with Crippen LogP contribution in [0.15, 0.2) is 4.99 Å². The van der Waals surface area contributed by atoms with Crippen LogP contribution in [0.4, 0.5) is 0 Å². The molecule has 0 amide bonds. The van der Waals surface area contributed by atoms with Crippen LogP contribution >= 0.6 is 0 Å². The lowest BCUT2D eigenvalue weighted by atomic mass is 9.97. The van der Waals surface area contributed by atoms with Gasteiger partial charge >= 0.3 is 0 Å². The largest absolute Gasteiger partial charge is 0.385 e. The summed E-state index contributed by atoms with van der Waals surface area (Å²) in [6.07, 6.45) is 0.456. The number of aliphatic hydroxyl groups is 1. The predicted octanol–water partition coefficient (Wildman–Crippen LogP) is -0.549. The van der Waals surface area contributed by atoms with Crippen molar-refractivity contribution in [1.29, 1.82) is 0 Å². The van der Waals surface area contributed by atoms with Gasteiger partial charge in [-0.25, -0.2) is 0 Å². The highest BCUT2D eigenvalue weighted by Crippen LogP contribution is 2.25. The van der Waals surface area contributed by atoms with Crippen LogP contribution in [0.3, 0.4) is 0 Å². The Balaban J connectivity index is 2.46. The Morgan fingerprint density at radius 2 is 2.50 bits per heavy atom. The molecule has 0 bridgehead atoms. The topological polar surface area (TPSA) is 79.9 Å². The van der Waals surface area contributed by atoms with Crippen LogP contribution in [0.5, 0.6) is 0 Å². The van der Waals surface area contributed by atoms with Gasteiger partial charge < -0.3 is 20.9 Å². The van der Waals surface area contributed by atoms with Gasteiger partial charge in [-0.3, -0.25) is 4.99 Å². The van der Waals surface area contributed by atoms with E-state index in [-0.39, 0.29) is 6.10 Å². The maximum atomic E-state index is 10.1. The van der Waals surface area contributed by atoms with Crippen molar-refractivity contribution in [1.82, 2.24) is 5.32 Å². The number of nitrogens with two attached hydrogens (primary N) is 1. The molecule has 1 aliphatic rings. The summed E-state index contributed by atoms with van der Waals surface area (Å²) in [5, 5.41) is 12.9. The molecule has 0 spiro atoms. The normalized spacial score (nSPS) is 33.4. The fraction of sp³-hybridized carbons (Fsp3) is 0.889. The van der Waals surface area contributed by atoms with E-state index < -0.39 is 5.60 Å². The van der Waals surface area contributed by atoms with Gasteiger partial charge in [0.05, 0.1) is 12.6 Å². The van der Waals surface area contributed by atoms with Crippen molar-refractivity contribution in [3.63, 3.8) is 0 Å². The lowest BCUT2D eigenvalue weighted by Crippen LogP contribution is -2.41. The molecule has 5 nitrogen and oxygen atoms in total. The molecule has 0 aliphatic carbocycles. The number of hydrogen-bond acceptors (Lipinski definition) is 3. The number of aliphatic imine (C=N–C) groups is 1. The van der Waals surface area contributed by atoms with Gasteiger partial charge in [-0.05, 0) is 13.8 Å². The highest BCUT2D eigenvalue weighted by molar-refractivity contribution is 5.77. The molecule has 0 saturated carbocycles. The molecule has 14 heavy (non-hydrogen) atoms. The minimum absolute atomic E-state index is 0.166. The second-order valence-corrected chi connectivity index (χ2v) is 3.60. The number of ether oxygens (including phenoxy) is 1. The number of rotatable bonds is 3. The molecular weight excluding hydrogens is 182 g/mol. The third kappa shape index (κ3) is 2.59. The van der Waals surface area contributed by atoms with Crippen molar-refractivity contribution in [3.05, 3.63) is 0 Å². The van der Waals surface area contributed by atoms with E-state index >= 15 is 0 Å². The molecule has 1 rings (SSSR count). The molecule has 1 aliphatic heterocycles. The third-order valence-electron chi connectivity index (χ3n) is 2.54. The summed E-state index contributed by atoms with van der Waals surface area (Å²) in [6, 6.07) is 0. The van der Waals surface area contributed by atoms with E-state index in [1.807, 2.05) is 13.8 Å². The lowest BCUT2D eigenvalue weighted by Gasteiger charge is -2.23. The monoisotopic (exact) mass is 201 g/mol. The van der Waals surface area contributed by atoms with E-state index in [4.69, 9.17) is 10.5 Å². The van der Waals surface area contributed by atoms with Crippen LogP contribution in [0.2, 0.25) is 0 Å². The summed E-state index contributed by atoms with van der Waals surface area (Å²) in [7, 11) is 0. The first-order chi connectivity index (χ1) is 6.58. The zero-order valence-electron chi connectivity index (χ0n) is 8.79. The first-order valence-corrected chi connectivity index (χ1v) is 4.96. The SMILES string of the molecule is CCNC(N)=NCC1(O)CCOC1C. The Bertz CT molecular complexity index is 220. The highest BCUT2D eigenvalue weighted by Gasteiger charge is 2.39. The summed E-state index contributed by atoms with van der Waals surface area (Å²) < 4.78 is 5.28. The van der Waals surface area contributed by atoms with Crippen molar-refractivity contribution in [2.45, 2.75) is 32.0 Å². The molecule has 0 radical (unpaired) electrons. The molecule has 4 N–H and O–H groups in total. The van der Waals surface area contributed by atoms with Crippen LogP contribution in [-0.4, -0.2) is 42.5 Å². The number of nitrogens with zero attached hydrogens (tertiary/aromatic N) is 1. The summed E-state index contributed by atoms with van der Waals surface area (Å²) in [5.41, 5.74) is 4.71. The fourth-order valence-corrected chi connectivity index (χ4v) is 1.44. The minimum Gasteiger partial charge on any atom is -0.385 e. The van der Waals surface area contributed by atoms with Gasteiger partial charge in [0.25, 0.3) is 0 Å². The number of hydrogen-bond donors (Lipinski definition) is 3. The maximum absolute atomic E-state index is 10.1. The van der Waals surface area contributed by atoms with Gasteiger partial charge in [-0.2, -0.15) is 0 Å². The molecule has 2 unspecified atom stereocenters. The molecule has 0 aromatic carbocycles. The highest BCUT2D eigenvalue weighted by atomic mass is 16.5. The zero-order chi connectivity index (χ0) is 10.6.